The third-order valence-electron chi connectivity index (χ3n) is 2.03. The average Bonchev–Trinajstić information content (AvgIpc) is 2.18. The molecule has 1 aromatic rings. The molecule has 0 spiro atoms. The molecule has 0 atom stereocenters. The van der Waals surface area contributed by atoms with Crippen LogP contribution in [0.4, 0.5) is 8.78 Å². The Morgan fingerprint density at radius 3 is 2.67 bits per heavy atom. The third kappa shape index (κ3) is 3.31. The Balaban J connectivity index is 2.81. The summed E-state index contributed by atoms with van der Waals surface area (Å²) in [4.78, 5) is 3.98. The first-order chi connectivity index (χ1) is 7.00. The van der Waals surface area contributed by atoms with Crippen LogP contribution in [0, 0.1) is 17.6 Å². The van der Waals surface area contributed by atoms with Crippen molar-refractivity contribution >= 4 is 5.84 Å². The minimum absolute atomic E-state index is 0.0770. The van der Waals surface area contributed by atoms with Crippen LogP contribution in [0.15, 0.2) is 23.2 Å². The van der Waals surface area contributed by atoms with Crippen LogP contribution in [-0.4, -0.2) is 5.84 Å². The molecule has 0 aliphatic rings. The summed E-state index contributed by atoms with van der Waals surface area (Å²) in [5.74, 6) is -0.373. The average molecular weight is 212 g/mol. The first-order valence-electron chi connectivity index (χ1n) is 4.74. The number of hydrogen-bond donors (Lipinski definition) is 1. The number of aliphatic imine (C=N–C) groups is 1. The molecule has 0 aliphatic heterocycles. The van der Waals surface area contributed by atoms with Crippen LogP contribution in [0.25, 0.3) is 0 Å². The van der Waals surface area contributed by atoms with Crippen LogP contribution in [0.1, 0.15) is 19.4 Å². The lowest BCUT2D eigenvalue weighted by atomic mass is 10.2. The molecule has 1 rings (SSSR count). The summed E-state index contributed by atoms with van der Waals surface area (Å²) >= 11 is 0. The van der Waals surface area contributed by atoms with Crippen molar-refractivity contribution in [1.29, 1.82) is 0 Å². The van der Waals surface area contributed by atoms with Crippen molar-refractivity contribution in [3.05, 3.63) is 35.4 Å². The second kappa shape index (κ2) is 4.87. The van der Waals surface area contributed by atoms with E-state index in [1.807, 2.05) is 13.8 Å². The van der Waals surface area contributed by atoms with Crippen molar-refractivity contribution in [1.82, 2.24) is 0 Å². The summed E-state index contributed by atoms with van der Waals surface area (Å²) in [6.45, 7) is 3.86. The summed E-state index contributed by atoms with van der Waals surface area (Å²) in [5.41, 5.74) is 5.81. The third-order valence-corrected chi connectivity index (χ3v) is 2.03. The fourth-order valence-electron chi connectivity index (χ4n) is 1.02. The summed E-state index contributed by atoms with van der Waals surface area (Å²) in [7, 11) is 0. The van der Waals surface area contributed by atoms with Crippen LogP contribution < -0.4 is 5.73 Å². The summed E-state index contributed by atoms with van der Waals surface area (Å²) < 4.78 is 25.9. The van der Waals surface area contributed by atoms with Crippen molar-refractivity contribution in [2.24, 2.45) is 16.6 Å². The predicted molar refractivity (Wildman–Crippen MR) is 56.5 cm³/mol. The topological polar surface area (TPSA) is 38.4 Å². The molecule has 0 radical (unpaired) electrons. The zero-order chi connectivity index (χ0) is 11.4. The normalized spacial score (nSPS) is 12.2. The van der Waals surface area contributed by atoms with E-state index in [2.05, 4.69) is 4.99 Å². The highest BCUT2D eigenvalue weighted by Gasteiger charge is 2.04. The van der Waals surface area contributed by atoms with Gasteiger partial charge in [-0.15, -0.1) is 0 Å². The van der Waals surface area contributed by atoms with Gasteiger partial charge < -0.3 is 5.73 Å². The van der Waals surface area contributed by atoms with E-state index in [-0.39, 0.29) is 18.0 Å². The summed E-state index contributed by atoms with van der Waals surface area (Å²) in [6, 6.07) is 3.30. The van der Waals surface area contributed by atoms with Gasteiger partial charge in [0.2, 0.25) is 0 Å². The Labute approximate surface area is 87.8 Å². The largest absolute Gasteiger partial charge is 0.387 e. The molecule has 0 fully saturated rings. The van der Waals surface area contributed by atoms with E-state index in [9.17, 15) is 8.78 Å². The molecular formula is C11H14F2N2. The Kier molecular flexibility index (Phi) is 3.77. The molecule has 0 saturated heterocycles. The highest BCUT2D eigenvalue weighted by atomic mass is 19.1. The first-order valence-corrected chi connectivity index (χ1v) is 4.74. The minimum atomic E-state index is -0.468. The van der Waals surface area contributed by atoms with Crippen LogP contribution in [0.2, 0.25) is 0 Å². The van der Waals surface area contributed by atoms with Crippen molar-refractivity contribution in [2.75, 3.05) is 0 Å². The molecule has 4 heteroatoms. The number of hydrogen-bond acceptors (Lipinski definition) is 1. The van der Waals surface area contributed by atoms with Crippen LogP contribution in [0.3, 0.4) is 0 Å². The maximum absolute atomic E-state index is 13.1. The lowest BCUT2D eigenvalue weighted by Crippen LogP contribution is -2.18. The molecule has 0 aromatic heterocycles. The predicted octanol–water partition coefficient (Wildman–Crippen LogP) is 2.48. The van der Waals surface area contributed by atoms with Gasteiger partial charge in [0, 0.05) is 11.5 Å². The Hall–Kier alpha value is -1.45. The number of amidine groups is 1. The molecule has 0 heterocycles. The number of rotatable bonds is 3. The van der Waals surface area contributed by atoms with E-state index < -0.39 is 11.6 Å². The molecule has 15 heavy (non-hydrogen) atoms. The molecule has 0 unspecified atom stereocenters. The Morgan fingerprint density at radius 1 is 1.40 bits per heavy atom. The summed E-state index contributed by atoms with van der Waals surface area (Å²) in [6.07, 6.45) is 0. The molecule has 0 aliphatic carbocycles. The molecule has 0 saturated carbocycles. The monoisotopic (exact) mass is 212 g/mol. The van der Waals surface area contributed by atoms with E-state index in [0.29, 0.717) is 5.84 Å². The molecular weight excluding hydrogens is 198 g/mol. The van der Waals surface area contributed by atoms with Gasteiger partial charge in [-0.3, -0.25) is 4.99 Å². The minimum Gasteiger partial charge on any atom is -0.387 e. The highest BCUT2D eigenvalue weighted by Crippen LogP contribution is 2.11. The van der Waals surface area contributed by atoms with Gasteiger partial charge in [-0.05, 0) is 18.2 Å². The van der Waals surface area contributed by atoms with Crippen molar-refractivity contribution in [3.8, 4) is 0 Å². The number of nitrogens with zero attached hydrogens (tertiary/aromatic N) is 1. The fraction of sp³-hybridized carbons (Fsp3) is 0.364. The summed E-state index contributed by atoms with van der Waals surface area (Å²) in [5, 5.41) is 0. The van der Waals surface area contributed by atoms with Gasteiger partial charge in [-0.2, -0.15) is 0 Å². The van der Waals surface area contributed by atoms with Gasteiger partial charge in [0.1, 0.15) is 11.6 Å². The van der Waals surface area contributed by atoms with Gasteiger partial charge in [0.05, 0.1) is 12.4 Å². The van der Waals surface area contributed by atoms with Crippen molar-refractivity contribution < 1.29 is 8.78 Å². The smallest absolute Gasteiger partial charge is 0.128 e. The maximum Gasteiger partial charge on any atom is 0.128 e. The van der Waals surface area contributed by atoms with E-state index in [0.717, 1.165) is 18.2 Å². The van der Waals surface area contributed by atoms with Gasteiger partial charge in [0.25, 0.3) is 0 Å². The number of nitrogens with two attached hydrogens (primary N) is 1. The first kappa shape index (κ1) is 11.6. The zero-order valence-electron chi connectivity index (χ0n) is 8.80. The van der Waals surface area contributed by atoms with E-state index in [1.165, 1.54) is 0 Å². The quantitative estimate of drug-likeness (QED) is 0.606. The van der Waals surface area contributed by atoms with E-state index >= 15 is 0 Å². The molecule has 0 amide bonds. The van der Waals surface area contributed by atoms with E-state index in [1.54, 1.807) is 0 Å². The lowest BCUT2D eigenvalue weighted by molar-refractivity contribution is 0.585. The SMILES string of the molecule is CC(C)C(N)=NCc1cc(F)ccc1F. The zero-order valence-corrected chi connectivity index (χ0v) is 8.80. The maximum atomic E-state index is 13.1. The van der Waals surface area contributed by atoms with E-state index in [4.69, 9.17) is 5.73 Å². The fourth-order valence-corrected chi connectivity index (χ4v) is 1.02. The Morgan fingerprint density at radius 2 is 2.07 bits per heavy atom. The number of halogens is 2. The van der Waals surface area contributed by atoms with Crippen LogP contribution in [0.5, 0.6) is 0 Å². The number of benzene rings is 1. The van der Waals surface area contributed by atoms with Crippen LogP contribution in [-0.2, 0) is 6.54 Å². The lowest BCUT2D eigenvalue weighted by Gasteiger charge is -2.04. The van der Waals surface area contributed by atoms with Gasteiger partial charge in [-0.25, -0.2) is 8.78 Å². The standard InChI is InChI=1S/C11H14F2N2/c1-7(2)11(14)15-6-8-5-9(12)3-4-10(8)13/h3-5,7H,6H2,1-2H3,(H2,14,15). The highest BCUT2D eigenvalue weighted by molar-refractivity contribution is 5.82. The molecule has 2 nitrogen and oxygen atoms in total. The Bertz CT molecular complexity index is 373. The van der Waals surface area contributed by atoms with Gasteiger partial charge in [-0.1, -0.05) is 13.8 Å². The second-order valence-corrected chi connectivity index (χ2v) is 3.63. The van der Waals surface area contributed by atoms with Crippen molar-refractivity contribution in [2.45, 2.75) is 20.4 Å². The second-order valence-electron chi connectivity index (χ2n) is 3.63. The van der Waals surface area contributed by atoms with Crippen LogP contribution >= 0.6 is 0 Å². The molecule has 1 aromatic carbocycles. The van der Waals surface area contributed by atoms with Gasteiger partial charge >= 0.3 is 0 Å². The van der Waals surface area contributed by atoms with Crippen molar-refractivity contribution in [3.63, 3.8) is 0 Å². The van der Waals surface area contributed by atoms with Gasteiger partial charge in [0.15, 0.2) is 0 Å². The molecule has 82 valence electrons. The molecule has 2 N–H and O–H groups in total. The molecule has 0 bridgehead atoms.